The number of likely N-dealkylation sites (tertiary alicyclic amines) is 1. The molecule has 36 heavy (non-hydrogen) atoms. The average molecular weight is 491 g/mol. The van der Waals surface area contributed by atoms with Crippen molar-refractivity contribution < 1.29 is 4.79 Å². The largest absolute Gasteiger partial charge is 0.324 e. The van der Waals surface area contributed by atoms with Crippen molar-refractivity contribution in [1.29, 1.82) is 0 Å². The van der Waals surface area contributed by atoms with E-state index in [-0.39, 0.29) is 5.91 Å². The minimum atomic E-state index is -0.468. The molecule has 2 atom stereocenters. The van der Waals surface area contributed by atoms with Crippen LogP contribution in [0.4, 0.5) is 5.69 Å². The highest BCUT2D eigenvalue weighted by Crippen LogP contribution is 2.35. The molecule has 1 amide bonds. The molecule has 196 valence electrons. The summed E-state index contributed by atoms with van der Waals surface area (Å²) in [5.41, 5.74) is 4.15. The van der Waals surface area contributed by atoms with Crippen molar-refractivity contribution >= 4 is 11.6 Å². The number of para-hydroxylation sites is 1. The molecule has 1 heterocycles. The van der Waals surface area contributed by atoms with Crippen LogP contribution in [0.15, 0.2) is 48.5 Å². The van der Waals surface area contributed by atoms with Crippen LogP contribution in [-0.2, 0) is 11.3 Å². The fourth-order valence-electron chi connectivity index (χ4n) is 6.57. The van der Waals surface area contributed by atoms with Crippen molar-refractivity contribution in [3.05, 3.63) is 65.2 Å². The lowest BCUT2D eigenvalue weighted by Gasteiger charge is -2.50. The SMILES string of the molecule is CCN(Cc1ccccc1)C1CCCCC1N1CCC(C(=O)Nc2c(C)cccc2C)(N(C)C)CC1. The number of amides is 1. The second kappa shape index (κ2) is 11.9. The van der Waals surface area contributed by atoms with E-state index < -0.39 is 5.54 Å². The van der Waals surface area contributed by atoms with Crippen molar-refractivity contribution in [2.24, 2.45) is 0 Å². The Morgan fingerprint density at radius 3 is 2.22 bits per heavy atom. The van der Waals surface area contributed by atoms with E-state index in [1.54, 1.807) is 0 Å². The summed E-state index contributed by atoms with van der Waals surface area (Å²) >= 11 is 0. The van der Waals surface area contributed by atoms with Crippen LogP contribution in [-0.4, -0.2) is 72.0 Å². The van der Waals surface area contributed by atoms with Gasteiger partial charge < -0.3 is 5.32 Å². The Balaban J connectivity index is 1.47. The van der Waals surface area contributed by atoms with Crippen molar-refractivity contribution in [2.75, 3.05) is 39.0 Å². The zero-order chi connectivity index (χ0) is 25.7. The molecule has 1 saturated carbocycles. The van der Waals surface area contributed by atoms with E-state index in [9.17, 15) is 4.79 Å². The highest BCUT2D eigenvalue weighted by Gasteiger charge is 2.46. The van der Waals surface area contributed by atoms with Gasteiger partial charge in [0.25, 0.3) is 0 Å². The minimum Gasteiger partial charge on any atom is -0.324 e. The molecule has 2 aliphatic rings. The van der Waals surface area contributed by atoms with Gasteiger partial charge in [-0.15, -0.1) is 0 Å². The first-order valence-corrected chi connectivity index (χ1v) is 13.9. The quantitative estimate of drug-likeness (QED) is 0.532. The number of hydrogen-bond acceptors (Lipinski definition) is 4. The smallest absolute Gasteiger partial charge is 0.244 e. The number of piperidine rings is 1. The number of likely N-dealkylation sites (N-methyl/N-ethyl adjacent to an activating group) is 2. The standard InChI is InChI=1S/C31H46N4O/c1-6-34(23-26-15-8-7-9-16-26)27-17-10-11-18-28(27)35-21-19-31(20-22-35,33(4)5)30(36)32-29-24(2)13-12-14-25(29)3/h7-9,12-16,27-28H,6,10-11,17-23H2,1-5H3,(H,32,36). The lowest BCUT2D eigenvalue weighted by molar-refractivity contribution is -0.130. The fourth-order valence-corrected chi connectivity index (χ4v) is 6.57. The average Bonchev–Trinajstić information content (AvgIpc) is 2.90. The molecule has 2 unspecified atom stereocenters. The van der Waals surface area contributed by atoms with Gasteiger partial charge in [0.1, 0.15) is 5.54 Å². The molecule has 5 nitrogen and oxygen atoms in total. The Morgan fingerprint density at radius 2 is 1.61 bits per heavy atom. The van der Waals surface area contributed by atoms with E-state index >= 15 is 0 Å². The number of anilines is 1. The van der Waals surface area contributed by atoms with Gasteiger partial charge in [-0.1, -0.05) is 68.3 Å². The van der Waals surface area contributed by atoms with Gasteiger partial charge in [-0.05, 0) is 76.9 Å². The molecule has 4 rings (SSSR count). The lowest BCUT2D eigenvalue weighted by atomic mass is 9.81. The first-order valence-electron chi connectivity index (χ1n) is 13.9. The Hall–Kier alpha value is -2.21. The molecule has 1 aliphatic heterocycles. The summed E-state index contributed by atoms with van der Waals surface area (Å²) in [6, 6.07) is 18.3. The predicted octanol–water partition coefficient (Wildman–Crippen LogP) is 5.47. The van der Waals surface area contributed by atoms with Gasteiger partial charge in [0.05, 0.1) is 0 Å². The van der Waals surface area contributed by atoms with Gasteiger partial charge in [0, 0.05) is 37.4 Å². The number of nitrogens with one attached hydrogen (secondary N) is 1. The van der Waals surface area contributed by atoms with Crippen LogP contribution in [0.5, 0.6) is 0 Å². The molecule has 0 aromatic heterocycles. The Morgan fingerprint density at radius 1 is 0.972 bits per heavy atom. The third-order valence-electron chi connectivity index (χ3n) is 8.89. The normalized spacial score (nSPS) is 22.6. The third-order valence-corrected chi connectivity index (χ3v) is 8.89. The number of aryl methyl sites for hydroxylation is 2. The van der Waals surface area contributed by atoms with Crippen LogP contribution in [0.1, 0.15) is 62.1 Å². The lowest BCUT2D eigenvalue weighted by Crippen LogP contribution is -2.63. The van der Waals surface area contributed by atoms with Crippen LogP contribution in [0, 0.1) is 13.8 Å². The van der Waals surface area contributed by atoms with E-state index in [1.807, 2.05) is 0 Å². The van der Waals surface area contributed by atoms with Gasteiger partial charge in [0.15, 0.2) is 0 Å². The molecule has 1 N–H and O–H groups in total. The summed E-state index contributed by atoms with van der Waals surface area (Å²) in [6.45, 7) is 10.5. The van der Waals surface area contributed by atoms with Crippen molar-refractivity contribution in [3.8, 4) is 0 Å². The Kier molecular flexibility index (Phi) is 8.87. The van der Waals surface area contributed by atoms with Gasteiger partial charge in [0.2, 0.25) is 5.91 Å². The van der Waals surface area contributed by atoms with Gasteiger partial charge >= 0.3 is 0 Å². The second-order valence-corrected chi connectivity index (χ2v) is 11.2. The fraction of sp³-hybridized carbons (Fsp3) is 0.581. The number of carbonyl (C=O) groups excluding carboxylic acids is 1. The molecular formula is C31H46N4O. The van der Waals surface area contributed by atoms with Crippen LogP contribution < -0.4 is 5.32 Å². The topological polar surface area (TPSA) is 38.8 Å². The monoisotopic (exact) mass is 490 g/mol. The third kappa shape index (κ3) is 5.69. The van der Waals surface area contributed by atoms with Gasteiger partial charge in [-0.2, -0.15) is 0 Å². The highest BCUT2D eigenvalue weighted by atomic mass is 16.2. The summed E-state index contributed by atoms with van der Waals surface area (Å²) in [4.78, 5) is 21.3. The predicted molar refractivity (Wildman–Crippen MR) is 150 cm³/mol. The molecule has 5 heteroatoms. The maximum atomic E-state index is 13.8. The molecule has 0 radical (unpaired) electrons. The summed E-state index contributed by atoms with van der Waals surface area (Å²) < 4.78 is 0. The maximum absolute atomic E-state index is 13.8. The first-order chi connectivity index (χ1) is 17.4. The second-order valence-electron chi connectivity index (χ2n) is 11.2. The van der Waals surface area contributed by atoms with Crippen LogP contribution in [0.2, 0.25) is 0 Å². The van der Waals surface area contributed by atoms with E-state index in [0.717, 1.165) is 55.8 Å². The van der Waals surface area contributed by atoms with Crippen molar-refractivity contribution in [3.63, 3.8) is 0 Å². The summed E-state index contributed by atoms with van der Waals surface area (Å²) in [6.07, 6.45) is 6.90. The number of hydrogen-bond donors (Lipinski definition) is 1. The van der Waals surface area contributed by atoms with E-state index in [0.29, 0.717) is 12.1 Å². The molecule has 2 fully saturated rings. The highest BCUT2D eigenvalue weighted by molar-refractivity contribution is 5.99. The van der Waals surface area contributed by atoms with Gasteiger partial charge in [-0.3, -0.25) is 19.5 Å². The summed E-state index contributed by atoms with van der Waals surface area (Å²) in [5, 5.41) is 3.32. The molecule has 2 aromatic rings. The van der Waals surface area contributed by atoms with E-state index in [1.165, 1.54) is 31.2 Å². The van der Waals surface area contributed by atoms with Crippen LogP contribution >= 0.6 is 0 Å². The molecule has 1 aliphatic carbocycles. The summed E-state index contributed by atoms with van der Waals surface area (Å²) in [5.74, 6) is 0.143. The number of carbonyl (C=O) groups is 1. The zero-order valence-electron chi connectivity index (χ0n) is 23.1. The maximum Gasteiger partial charge on any atom is 0.244 e. The molecule has 2 aromatic carbocycles. The molecular weight excluding hydrogens is 444 g/mol. The molecule has 1 saturated heterocycles. The summed E-state index contributed by atoms with van der Waals surface area (Å²) in [7, 11) is 4.14. The zero-order valence-corrected chi connectivity index (χ0v) is 23.1. The Bertz CT molecular complexity index is 977. The number of benzene rings is 2. The van der Waals surface area contributed by atoms with Crippen LogP contribution in [0.25, 0.3) is 0 Å². The molecule has 0 bridgehead atoms. The van der Waals surface area contributed by atoms with Crippen LogP contribution in [0.3, 0.4) is 0 Å². The van der Waals surface area contributed by atoms with E-state index in [2.05, 4.69) is 103 Å². The first kappa shape index (κ1) is 26.8. The Labute approximate surface area is 218 Å². The number of rotatable bonds is 8. The molecule has 0 spiro atoms. The van der Waals surface area contributed by atoms with E-state index in [4.69, 9.17) is 0 Å². The minimum absolute atomic E-state index is 0.143. The van der Waals surface area contributed by atoms with Crippen molar-refractivity contribution in [2.45, 2.75) is 83.5 Å². The van der Waals surface area contributed by atoms with Gasteiger partial charge in [-0.25, -0.2) is 0 Å². The van der Waals surface area contributed by atoms with Crippen molar-refractivity contribution in [1.82, 2.24) is 14.7 Å². The number of nitrogens with zero attached hydrogens (tertiary/aromatic N) is 3.